The van der Waals surface area contributed by atoms with Crippen LogP contribution >= 0.6 is 0 Å². The van der Waals surface area contributed by atoms with Gasteiger partial charge in [-0.1, -0.05) is 0 Å². The van der Waals surface area contributed by atoms with Gasteiger partial charge in [0.1, 0.15) is 17.7 Å². The summed E-state index contributed by atoms with van der Waals surface area (Å²) in [5, 5.41) is 9.61. The highest BCUT2D eigenvalue weighted by Gasteiger charge is 2.58. The van der Waals surface area contributed by atoms with Crippen LogP contribution in [0, 0.1) is 23.1 Å². The van der Waals surface area contributed by atoms with Gasteiger partial charge in [-0.3, -0.25) is 4.79 Å². The zero-order valence-electron chi connectivity index (χ0n) is 11.1. The second-order valence-electron chi connectivity index (χ2n) is 6.65. The molecule has 1 heterocycles. The molecule has 3 unspecified atom stereocenters. The Hall–Kier alpha value is -1.58. The second-order valence-corrected chi connectivity index (χ2v) is 6.65. The Kier molecular flexibility index (Phi) is 2.41. The molecule has 1 aromatic carbocycles. The lowest BCUT2D eigenvalue weighted by atomic mass is 9.77. The van der Waals surface area contributed by atoms with E-state index in [4.69, 9.17) is 4.74 Å². The molecule has 2 fully saturated rings. The maximum absolute atomic E-state index is 13.2. The number of hydrogen-bond acceptors (Lipinski definition) is 2. The van der Waals surface area contributed by atoms with Gasteiger partial charge in [0.05, 0.1) is 5.41 Å². The molecule has 1 N–H and O–H groups in total. The first-order chi connectivity index (χ1) is 9.56. The van der Waals surface area contributed by atoms with Crippen LogP contribution in [0.25, 0.3) is 0 Å². The van der Waals surface area contributed by atoms with Crippen LogP contribution in [-0.2, 0) is 11.2 Å². The van der Waals surface area contributed by atoms with Gasteiger partial charge in [0, 0.05) is 18.4 Å². The summed E-state index contributed by atoms with van der Waals surface area (Å²) in [6.07, 6.45) is 3.82. The van der Waals surface area contributed by atoms with E-state index in [-0.39, 0.29) is 11.9 Å². The van der Waals surface area contributed by atoms with Crippen LogP contribution in [-0.4, -0.2) is 17.2 Å². The lowest BCUT2D eigenvalue weighted by Crippen LogP contribution is -2.35. The van der Waals surface area contributed by atoms with E-state index in [2.05, 4.69) is 0 Å². The van der Waals surface area contributed by atoms with Crippen LogP contribution in [0.15, 0.2) is 18.2 Å². The summed E-state index contributed by atoms with van der Waals surface area (Å²) in [5.74, 6) is 0.998. The molecule has 0 bridgehead atoms. The molecule has 2 saturated carbocycles. The van der Waals surface area contributed by atoms with Crippen molar-refractivity contribution in [2.45, 2.75) is 38.2 Å². The minimum atomic E-state index is -0.685. The van der Waals surface area contributed by atoms with Crippen LogP contribution in [0.4, 0.5) is 4.39 Å². The number of fused-ring (bicyclic) bond motifs is 2. The Bertz CT molecular complexity index is 573. The molecule has 0 amide bonds. The standard InChI is InChI=1S/C16H17FO3/c17-12-1-2-14-9(4-12)5-13(20-14)8-16(15(18)19)6-10-3-11(10)7-16/h1-2,4,10-11,13H,3,5-8H2,(H,18,19). The molecule has 0 saturated heterocycles. The lowest BCUT2D eigenvalue weighted by Gasteiger charge is -2.28. The Balaban J connectivity index is 1.51. The van der Waals surface area contributed by atoms with Crippen molar-refractivity contribution in [1.29, 1.82) is 0 Å². The summed E-state index contributed by atoms with van der Waals surface area (Å²) < 4.78 is 19.0. The molecule has 3 aliphatic rings. The molecule has 3 atom stereocenters. The van der Waals surface area contributed by atoms with Crippen LogP contribution in [0.2, 0.25) is 0 Å². The summed E-state index contributed by atoms with van der Waals surface area (Å²) in [6, 6.07) is 4.53. The third kappa shape index (κ3) is 1.81. The fourth-order valence-corrected chi connectivity index (χ4v) is 4.16. The number of carboxylic acid groups (broad SMARTS) is 1. The average molecular weight is 276 g/mol. The van der Waals surface area contributed by atoms with Crippen molar-refractivity contribution >= 4 is 5.97 Å². The number of ether oxygens (including phenoxy) is 1. The third-order valence-electron chi connectivity index (χ3n) is 5.21. The Morgan fingerprint density at radius 1 is 1.40 bits per heavy atom. The van der Waals surface area contributed by atoms with Gasteiger partial charge in [-0.05, 0) is 49.3 Å². The van der Waals surface area contributed by atoms with Gasteiger partial charge in [0.25, 0.3) is 0 Å². The van der Waals surface area contributed by atoms with Gasteiger partial charge < -0.3 is 9.84 Å². The Labute approximate surface area is 116 Å². The summed E-state index contributed by atoms with van der Waals surface area (Å²) in [5.41, 5.74) is 0.248. The van der Waals surface area contributed by atoms with E-state index < -0.39 is 11.4 Å². The van der Waals surface area contributed by atoms with E-state index in [0.29, 0.717) is 30.4 Å². The Morgan fingerprint density at radius 2 is 2.15 bits per heavy atom. The van der Waals surface area contributed by atoms with Crippen molar-refractivity contribution in [1.82, 2.24) is 0 Å². The zero-order valence-corrected chi connectivity index (χ0v) is 11.1. The smallest absolute Gasteiger partial charge is 0.309 e. The van der Waals surface area contributed by atoms with Crippen molar-refractivity contribution < 1.29 is 19.0 Å². The predicted octanol–water partition coefficient (Wildman–Crippen LogP) is 3.02. The van der Waals surface area contributed by atoms with Gasteiger partial charge >= 0.3 is 5.97 Å². The highest BCUT2D eigenvalue weighted by molar-refractivity contribution is 5.75. The highest BCUT2D eigenvalue weighted by Crippen LogP contribution is 2.61. The summed E-state index contributed by atoms with van der Waals surface area (Å²) in [4.78, 5) is 11.7. The highest BCUT2D eigenvalue weighted by atomic mass is 19.1. The molecule has 1 aliphatic heterocycles. The number of benzene rings is 1. The molecule has 0 spiro atoms. The SMILES string of the molecule is O=C(O)C1(CC2Cc3cc(F)ccc3O2)CC2CC2C1. The fourth-order valence-electron chi connectivity index (χ4n) is 4.16. The lowest BCUT2D eigenvalue weighted by molar-refractivity contribution is -0.151. The minimum Gasteiger partial charge on any atom is -0.490 e. The quantitative estimate of drug-likeness (QED) is 0.923. The van der Waals surface area contributed by atoms with Crippen LogP contribution < -0.4 is 4.74 Å². The number of carbonyl (C=O) groups is 1. The summed E-state index contributed by atoms with van der Waals surface area (Å²) in [6.45, 7) is 0. The number of carboxylic acids is 1. The summed E-state index contributed by atoms with van der Waals surface area (Å²) in [7, 11) is 0. The molecule has 2 aliphatic carbocycles. The first-order valence-corrected chi connectivity index (χ1v) is 7.24. The van der Waals surface area contributed by atoms with E-state index in [1.54, 1.807) is 6.07 Å². The molecule has 3 nitrogen and oxygen atoms in total. The molecule has 20 heavy (non-hydrogen) atoms. The van der Waals surface area contributed by atoms with Crippen molar-refractivity contribution in [2.24, 2.45) is 17.3 Å². The number of rotatable bonds is 3. The molecule has 4 rings (SSSR count). The van der Waals surface area contributed by atoms with Crippen molar-refractivity contribution in [3.8, 4) is 5.75 Å². The molecule has 0 radical (unpaired) electrons. The van der Waals surface area contributed by atoms with Crippen LogP contribution in [0.1, 0.15) is 31.2 Å². The topological polar surface area (TPSA) is 46.5 Å². The molecular weight excluding hydrogens is 259 g/mol. The molecule has 0 aromatic heterocycles. The molecule has 1 aromatic rings. The van der Waals surface area contributed by atoms with Crippen LogP contribution in [0.3, 0.4) is 0 Å². The second kappa shape index (κ2) is 3.96. The molecule has 4 heteroatoms. The maximum atomic E-state index is 13.2. The van der Waals surface area contributed by atoms with Gasteiger partial charge in [-0.15, -0.1) is 0 Å². The largest absolute Gasteiger partial charge is 0.490 e. The van der Waals surface area contributed by atoms with Crippen LogP contribution in [0.5, 0.6) is 5.75 Å². The number of hydrogen-bond donors (Lipinski definition) is 1. The monoisotopic (exact) mass is 276 g/mol. The average Bonchev–Trinajstić information content (AvgIpc) is 2.83. The third-order valence-corrected chi connectivity index (χ3v) is 5.21. The Morgan fingerprint density at radius 3 is 2.85 bits per heavy atom. The fraction of sp³-hybridized carbons (Fsp3) is 0.562. The number of aliphatic carboxylic acids is 1. The van der Waals surface area contributed by atoms with Gasteiger partial charge in [0.15, 0.2) is 0 Å². The van der Waals surface area contributed by atoms with E-state index in [9.17, 15) is 14.3 Å². The van der Waals surface area contributed by atoms with E-state index in [1.165, 1.54) is 18.6 Å². The van der Waals surface area contributed by atoms with E-state index in [0.717, 1.165) is 18.4 Å². The van der Waals surface area contributed by atoms with Gasteiger partial charge in [-0.25, -0.2) is 4.39 Å². The number of halogens is 1. The van der Waals surface area contributed by atoms with Crippen molar-refractivity contribution in [3.05, 3.63) is 29.6 Å². The minimum absolute atomic E-state index is 0.125. The molecular formula is C16H17FO3. The van der Waals surface area contributed by atoms with Crippen molar-refractivity contribution in [3.63, 3.8) is 0 Å². The van der Waals surface area contributed by atoms with Gasteiger partial charge in [0.2, 0.25) is 0 Å². The maximum Gasteiger partial charge on any atom is 0.309 e. The van der Waals surface area contributed by atoms with Gasteiger partial charge in [-0.2, -0.15) is 0 Å². The first-order valence-electron chi connectivity index (χ1n) is 7.24. The predicted molar refractivity (Wildman–Crippen MR) is 70.0 cm³/mol. The normalized spacial score (nSPS) is 37.1. The van der Waals surface area contributed by atoms with Crippen molar-refractivity contribution in [2.75, 3.05) is 0 Å². The summed E-state index contributed by atoms with van der Waals surface area (Å²) >= 11 is 0. The zero-order chi connectivity index (χ0) is 13.9. The molecule has 106 valence electrons. The van der Waals surface area contributed by atoms with E-state index in [1.807, 2.05) is 0 Å². The first kappa shape index (κ1) is 12.2. The van der Waals surface area contributed by atoms with E-state index >= 15 is 0 Å².